The largest absolute Gasteiger partial charge is 0.411 e. The first kappa shape index (κ1) is 10.7. The molecule has 88 valence electrons. The fourth-order valence-corrected chi connectivity index (χ4v) is 2.46. The van der Waals surface area contributed by atoms with Gasteiger partial charge in [0.15, 0.2) is 0 Å². The predicted molar refractivity (Wildman–Crippen MR) is 68.3 cm³/mol. The van der Waals surface area contributed by atoms with E-state index in [1.807, 2.05) is 48.5 Å². The van der Waals surface area contributed by atoms with Crippen LogP contribution in [-0.2, 0) is 0 Å². The van der Waals surface area contributed by atoms with Gasteiger partial charge < -0.3 is 5.21 Å². The van der Waals surface area contributed by atoms with Gasteiger partial charge in [-0.3, -0.25) is 4.79 Å². The van der Waals surface area contributed by atoms with Crippen molar-refractivity contribution in [3.63, 3.8) is 0 Å². The number of hydrogen-bond donors (Lipinski definition) is 1. The Morgan fingerprint density at radius 3 is 2.33 bits per heavy atom. The lowest BCUT2D eigenvalue weighted by Crippen LogP contribution is -2.14. The van der Waals surface area contributed by atoms with Crippen LogP contribution in [0.4, 0.5) is 0 Å². The van der Waals surface area contributed by atoms with Crippen molar-refractivity contribution in [1.29, 1.82) is 0 Å². The molecule has 0 bridgehead atoms. The number of benzene rings is 2. The van der Waals surface area contributed by atoms with Crippen molar-refractivity contribution >= 4 is 11.5 Å². The fourth-order valence-electron chi connectivity index (χ4n) is 2.46. The summed E-state index contributed by atoms with van der Waals surface area (Å²) >= 11 is 0. The molecule has 0 aliphatic heterocycles. The van der Waals surface area contributed by atoms with Gasteiger partial charge in [-0.05, 0) is 11.1 Å². The predicted octanol–water partition coefficient (Wildman–Crippen LogP) is 2.85. The van der Waals surface area contributed by atoms with E-state index in [9.17, 15) is 4.79 Å². The van der Waals surface area contributed by atoms with Gasteiger partial charge in [0.2, 0.25) is 5.78 Å². The van der Waals surface area contributed by atoms with Gasteiger partial charge in [-0.25, -0.2) is 0 Å². The van der Waals surface area contributed by atoms with Crippen LogP contribution in [-0.4, -0.2) is 16.7 Å². The average Bonchev–Trinajstić information content (AvgIpc) is 2.73. The lowest BCUT2D eigenvalue weighted by molar-refractivity contribution is 0.106. The number of hydrogen-bond acceptors (Lipinski definition) is 3. The Hall–Kier alpha value is -2.42. The Labute approximate surface area is 104 Å². The number of Topliss-reactive ketones (excluding diaryl/α,β-unsaturated/α-hetero) is 1. The Morgan fingerprint density at radius 2 is 1.61 bits per heavy atom. The van der Waals surface area contributed by atoms with Crippen molar-refractivity contribution in [2.24, 2.45) is 5.16 Å². The van der Waals surface area contributed by atoms with E-state index in [1.165, 1.54) is 0 Å². The quantitative estimate of drug-likeness (QED) is 0.612. The zero-order valence-corrected chi connectivity index (χ0v) is 9.58. The Balaban J connectivity index is 2.22. The maximum absolute atomic E-state index is 12.1. The van der Waals surface area contributed by atoms with Crippen molar-refractivity contribution < 1.29 is 10.0 Å². The van der Waals surface area contributed by atoms with Crippen LogP contribution in [0, 0.1) is 0 Å². The summed E-state index contributed by atoms with van der Waals surface area (Å²) in [6.45, 7) is 0. The number of carbonyl (C=O) groups is 1. The minimum Gasteiger partial charge on any atom is -0.411 e. The Kier molecular flexibility index (Phi) is 2.45. The van der Waals surface area contributed by atoms with Crippen LogP contribution < -0.4 is 0 Å². The first-order valence-corrected chi connectivity index (χ1v) is 5.73. The topological polar surface area (TPSA) is 49.7 Å². The van der Waals surface area contributed by atoms with Crippen LogP contribution >= 0.6 is 0 Å². The molecule has 3 rings (SSSR count). The van der Waals surface area contributed by atoms with Gasteiger partial charge in [-0.2, -0.15) is 0 Å². The number of rotatable bonds is 1. The van der Waals surface area contributed by atoms with Crippen LogP contribution in [0.25, 0.3) is 0 Å². The minimum atomic E-state index is -0.264. The summed E-state index contributed by atoms with van der Waals surface area (Å²) in [5.74, 6) is -0.457. The number of fused-ring (bicyclic) bond motifs is 1. The summed E-state index contributed by atoms with van der Waals surface area (Å²) in [5, 5.41) is 12.3. The SMILES string of the molecule is O=C1/C(=N\O)[C@H](c2ccccc2)c2ccccc21. The first-order valence-electron chi connectivity index (χ1n) is 5.73. The molecule has 0 aromatic heterocycles. The van der Waals surface area contributed by atoms with Gasteiger partial charge in [0.25, 0.3) is 0 Å². The summed E-state index contributed by atoms with van der Waals surface area (Å²) in [4.78, 5) is 12.1. The van der Waals surface area contributed by atoms with Crippen LogP contribution in [0.15, 0.2) is 59.8 Å². The van der Waals surface area contributed by atoms with E-state index >= 15 is 0 Å². The number of ketones is 1. The molecule has 0 heterocycles. The van der Waals surface area contributed by atoms with Crippen LogP contribution in [0.1, 0.15) is 27.4 Å². The summed E-state index contributed by atoms with van der Waals surface area (Å²) in [6, 6.07) is 17.0. The van der Waals surface area contributed by atoms with Crippen LogP contribution in [0.3, 0.4) is 0 Å². The van der Waals surface area contributed by atoms with Crippen LogP contribution in [0.5, 0.6) is 0 Å². The Bertz CT molecular complexity index is 632. The molecule has 0 saturated heterocycles. The zero-order chi connectivity index (χ0) is 12.5. The molecule has 0 unspecified atom stereocenters. The van der Waals surface area contributed by atoms with Gasteiger partial charge >= 0.3 is 0 Å². The van der Waals surface area contributed by atoms with Gasteiger partial charge in [0.05, 0.1) is 5.92 Å². The molecule has 1 aliphatic carbocycles. The van der Waals surface area contributed by atoms with Gasteiger partial charge in [0.1, 0.15) is 5.71 Å². The van der Waals surface area contributed by atoms with Crippen molar-refractivity contribution in [2.75, 3.05) is 0 Å². The summed E-state index contributed by atoms with van der Waals surface area (Å²) in [5.41, 5.74) is 2.69. The van der Waals surface area contributed by atoms with E-state index in [0.717, 1.165) is 11.1 Å². The molecule has 0 saturated carbocycles. The molecule has 3 heteroatoms. The van der Waals surface area contributed by atoms with E-state index in [0.29, 0.717) is 5.56 Å². The molecule has 2 aromatic carbocycles. The van der Waals surface area contributed by atoms with Gasteiger partial charge in [0, 0.05) is 5.56 Å². The van der Waals surface area contributed by atoms with Gasteiger partial charge in [-0.1, -0.05) is 59.8 Å². The monoisotopic (exact) mass is 237 g/mol. The van der Waals surface area contributed by atoms with Crippen molar-refractivity contribution in [2.45, 2.75) is 5.92 Å². The molecule has 1 N–H and O–H groups in total. The third-order valence-corrected chi connectivity index (χ3v) is 3.26. The third-order valence-electron chi connectivity index (χ3n) is 3.26. The second-order valence-electron chi connectivity index (χ2n) is 4.25. The van der Waals surface area contributed by atoms with Gasteiger partial charge in [-0.15, -0.1) is 0 Å². The molecular weight excluding hydrogens is 226 g/mol. The summed E-state index contributed by atoms with van der Waals surface area (Å²) < 4.78 is 0. The Morgan fingerprint density at radius 1 is 0.944 bits per heavy atom. The highest BCUT2D eigenvalue weighted by molar-refractivity contribution is 6.51. The number of carbonyl (C=O) groups excluding carboxylic acids is 1. The maximum Gasteiger partial charge on any atom is 0.211 e. The lowest BCUT2D eigenvalue weighted by atomic mass is 9.92. The second-order valence-corrected chi connectivity index (χ2v) is 4.25. The lowest BCUT2D eigenvalue weighted by Gasteiger charge is -2.10. The molecule has 0 radical (unpaired) electrons. The van der Waals surface area contributed by atoms with E-state index in [-0.39, 0.29) is 17.4 Å². The van der Waals surface area contributed by atoms with Crippen molar-refractivity contribution in [3.8, 4) is 0 Å². The molecule has 0 fully saturated rings. The number of nitrogens with zero attached hydrogens (tertiary/aromatic N) is 1. The first-order chi connectivity index (χ1) is 8.83. The highest BCUT2D eigenvalue weighted by Crippen LogP contribution is 2.35. The highest BCUT2D eigenvalue weighted by Gasteiger charge is 2.37. The molecular formula is C15H11NO2. The van der Waals surface area contributed by atoms with Crippen molar-refractivity contribution in [1.82, 2.24) is 0 Å². The zero-order valence-electron chi connectivity index (χ0n) is 9.58. The summed E-state index contributed by atoms with van der Waals surface area (Å²) in [6.07, 6.45) is 0. The minimum absolute atomic E-state index is 0.193. The van der Waals surface area contributed by atoms with Crippen molar-refractivity contribution in [3.05, 3.63) is 71.3 Å². The fraction of sp³-hybridized carbons (Fsp3) is 0.0667. The molecule has 3 nitrogen and oxygen atoms in total. The molecule has 0 spiro atoms. The van der Waals surface area contributed by atoms with E-state index < -0.39 is 0 Å². The van der Waals surface area contributed by atoms with Crippen LogP contribution in [0.2, 0.25) is 0 Å². The average molecular weight is 237 g/mol. The smallest absolute Gasteiger partial charge is 0.211 e. The number of oxime groups is 1. The van der Waals surface area contributed by atoms with E-state index in [4.69, 9.17) is 5.21 Å². The highest BCUT2D eigenvalue weighted by atomic mass is 16.4. The normalized spacial score (nSPS) is 20.1. The second kappa shape index (κ2) is 4.11. The molecule has 18 heavy (non-hydrogen) atoms. The van der Waals surface area contributed by atoms with E-state index in [1.54, 1.807) is 6.07 Å². The standard InChI is InChI=1S/C15H11NO2/c17-15-12-9-5-4-8-11(12)13(14(15)16-18)10-6-2-1-3-7-10/h1-9,13,18H/b16-14-/t13-/m1/s1. The summed E-state index contributed by atoms with van der Waals surface area (Å²) in [7, 11) is 0. The molecule has 2 aromatic rings. The maximum atomic E-state index is 12.1. The molecule has 0 amide bonds. The van der Waals surface area contributed by atoms with E-state index in [2.05, 4.69) is 5.16 Å². The molecule has 1 atom stereocenters. The molecule has 1 aliphatic rings. The third kappa shape index (κ3) is 1.44.